The molecular weight excluding hydrogens is 337 g/mol. The Kier molecular flexibility index (Phi) is 4.60. The molecule has 3 rings (SSSR count). The van der Waals surface area contributed by atoms with Gasteiger partial charge in [0.2, 0.25) is 5.89 Å². The quantitative estimate of drug-likeness (QED) is 0.767. The Bertz CT molecular complexity index is 834. The van der Waals surface area contributed by atoms with Crippen molar-refractivity contribution in [1.82, 2.24) is 10.2 Å². The topological polar surface area (TPSA) is 68.0 Å². The van der Waals surface area contributed by atoms with Crippen LogP contribution in [-0.4, -0.2) is 16.1 Å². The van der Waals surface area contributed by atoms with E-state index in [-0.39, 0.29) is 16.6 Å². The van der Waals surface area contributed by atoms with Crippen molar-refractivity contribution in [3.63, 3.8) is 0 Å². The Hall–Kier alpha value is -2.37. The van der Waals surface area contributed by atoms with Crippen LogP contribution >= 0.6 is 23.2 Å². The van der Waals surface area contributed by atoms with Gasteiger partial charge in [-0.2, -0.15) is 0 Å². The molecule has 0 aliphatic rings. The molecule has 1 aromatic heterocycles. The summed E-state index contributed by atoms with van der Waals surface area (Å²) in [6, 6.07) is 14.3. The molecule has 7 heteroatoms. The standard InChI is InChI=1S/C16H11Cl2N3O2/c17-11-6-7-12(13(18)9-11)15(22)19-16-21-20-14(23-16)8-10-4-2-1-3-5-10/h1-7,9H,8H2,(H,19,21,22). The smallest absolute Gasteiger partial charge is 0.322 e. The third-order valence-corrected chi connectivity index (χ3v) is 3.61. The van der Waals surface area contributed by atoms with Gasteiger partial charge in [-0.05, 0) is 23.8 Å². The molecule has 0 unspecified atom stereocenters. The molecule has 0 saturated carbocycles. The first-order valence-electron chi connectivity index (χ1n) is 6.74. The van der Waals surface area contributed by atoms with E-state index in [2.05, 4.69) is 15.5 Å². The van der Waals surface area contributed by atoms with E-state index in [0.717, 1.165) is 5.56 Å². The number of rotatable bonds is 4. The summed E-state index contributed by atoms with van der Waals surface area (Å²) in [5.74, 6) is -0.0321. The maximum atomic E-state index is 12.1. The second-order valence-corrected chi connectivity index (χ2v) is 5.59. The molecule has 0 bridgehead atoms. The highest BCUT2D eigenvalue weighted by molar-refractivity contribution is 6.37. The van der Waals surface area contributed by atoms with Crippen molar-refractivity contribution in [2.45, 2.75) is 6.42 Å². The number of carbonyl (C=O) groups excluding carboxylic acids is 1. The van der Waals surface area contributed by atoms with Crippen molar-refractivity contribution >= 4 is 35.1 Å². The van der Waals surface area contributed by atoms with Crippen molar-refractivity contribution in [1.29, 1.82) is 0 Å². The van der Waals surface area contributed by atoms with Crippen molar-refractivity contribution in [3.05, 3.63) is 75.6 Å². The first kappa shape index (κ1) is 15.5. The zero-order valence-corrected chi connectivity index (χ0v) is 13.3. The summed E-state index contributed by atoms with van der Waals surface area (Å²) in [6.45, 7) is 0. The van der Waals surface area contributed by atoms with Gasteiger partial charge in [-0.1, -0.05) is 58.6 Å². The third kappa shape index (κ3) is 3.88. The fourth-order valence-corrected chi connectivity index (χ4v) is 2.48. The van der Waals surface area contributed by atoms with Crippen LogP contribution in [0.1, 0.15) is 21.8 Å². The molecule has 1 N–H and O–H groups in total. The number of hydrogen-bond acceptors (Lipinski definition) is 4. The number of benzene rings is 2. The van der Waals surface area contributed by atoms with Crippen molar-refractivity contribution < 1.29 is 9.21 Å². The molecule has 0 aliphatic carbocycles. The number of nitrogens with one attached hydrogen (secondary N) is 1. The van der Waals surface area contributed by atoms with Gasteiger partial charge in [0.25, 0.3) is 5.91 Å². The minimum Gasteiger partial charge on any atom is -0.407 e. The Morgan fingerprint density at radius 1 is 1.09 bits per heavy atom. The normalized spacial score (nSPS) is 10.5. The summed E-state index contributed by atoms with van der Waals surface area (Å²) in [7, 11) is 0. The highest BCUT2D eigenvalue weighted by Crippen LogP contribution is 2.22. The third-order valence-electron chi connectivity index (χ3n) is 3.06. The summed E-state index contributed by atoms with van der Waals surface area (Å²) in [5, 5.41) is 10.9. The molecule has 0 aliphatic heterocycles. The molecule has 1 heterocycles. The lowest BCUT2D eigenvalue weighted by molar-refractivity contribution is 0.102. The van der Waals surface area contributed by atoms with Gasteiger partial charge in [0.05, 0.1) is 17.0 Å². The van der Waals surface area contributed by atoms with Crippen LogP contribution in [0.25, 0.3) is 0 Å². The van der Waals surface area contributed by atoms with E-state index in [1.807, 2.05) is 30.3 Å². The molecule has 0 fully saturated rings. The fourth-order valence-electron chi connectivity index (χ4n) is 1.98. The average molecular weight is 348 g/mol. The first-order valence-corrected chi connectivity index (χ1v) is 7.50. The Labute approximate surface area is 142 Å². The summed E-state index contributed by atoms with van der Waals surface area (Å²) in [5.41, 5.74) is 1.31. The molecule has 23 heavy (non-hydrogen) atoms. The number of halogens is 2. The molecule has 0 spiro atoms. The van der Waals surface area contributed by atoms with Crippen LogP contribution < -0.4 is 5.32 Å². The van der Waals surface area contributed by atoms with Crippen LogP contribution in [-0.2, 0) is 6.42 Å². The van der Waals surface area contributed by atoms with Crippen LogP contribution in [0.4, 0.5) is 6.01 Å². The van der Waals surface area contributed by atoms with E-state index in [1.54, 1.807) is 6.07 Å². The zero-order chi connectivity index (χ0) is 16.2. The summed E-state index contributed by atoms with van der Waals surface area (Å²) in [6.07, 6.45) is 0.491. The van der Waals surface area contributed by atoms with E-state index < -0.39 is 5.91 Å². The number of hydrogen-bond donors (Lipinski definition) is 1. The predicted molar refractivity (Wildman–Crippen MR) is 88.0 cm³/mol. The predicted octanol–water partition coefficient (Wildman–Crippen LogP) is 4.22. The van der Waals surface area contributed by atoms with E-state index >= 15 is 0 Å². The van der Waals surface area contributed by atoms with Gasteiger partial charge in [-0.25, -0.2) is 0 Å². The minimum absolute atomic E-state index is 0.0203. The molecule has 0 saturated heterocycles. The molecule has 0 atom stereocenters. The second kappa shape index (κ2) is 6.81. The van der Waals surface area contributed by atoms with Crippen LogP contribution in [0.15, 0.2) is 52.9 Å². The van der Waals surface area contributed by atoms with E-state index in [9.17, 15) is 4.79 Å². The van der Waals surface area contributed by atoms with E-state index in [4.69, 9.17) is 27.6 Å². The minimum atomic E-state index is -0.443. The number of anilines is 1. The van der Waals surface area contributed by atoms with E-state index in [0.29, 0.717) is 17.3 Å². The first-order chi connectivity index (χ1) is 11.1. The largest absolute Gasteiger partial charge is 0.407 e. The van der Waals surface area contributed by atoms with Crippen LogP contribution in [0.5, 0.6) is 0 Å². The molecule has 1 amide bonds. The molecule has 2 aromatic carbocycles. The van der Waals surface area contributed by atoms with Crippen molar-refractivity contribution in [2.75, 3.05) is 5.32 Å². The van der Waals surface area contributed by atoms with Crippen molar-refractivity contribution in [3.8, 4) is 0 Å². The monoisotopic (exact) mass is 347 g/mol. The van der Waals surface area contributed by atoms with Gasteiger partial charge in [0, 0.05) is 5.02 Å². The maximum absolute atomic E-state index is 12.1. The van der Waals surface area contributed by atoms with Crippen LogP contribution in [0.3, 0.4) is 0 Å². The number of aromatic nitrogens is 2. The van der Waals surface area contributed by atoms with Crippen LogP contribution in [0.2, 0.25) is 10.0 Å². The molecule has 0 radical (unpaired) electrons. The number of amides is 1. The second-order valence-electron chi connectivity index (χ2n) is 4.74. The SMILES string of the molecule is O=C(Nc1nnc(Cc2ccccc2)o1)c1ccc(Cl)cc1Cl. The lowest BCUT2D eigenvalue weighted by Gasteiger charge is -2.03. The summed E-state index contributed by atoms with van der Waals surface area (Å²) >= 11 is 11.8. The molecule has 5 nitrogen and oxygen atoms in total. The lowest BCUT2D eigenvalue weighted by atomic mass is 10.2. The van der Waals surface area contributed by atoms with E-state index in [1.165, 1.54) is 12.1 Å². The van der Waals surface area contributed by atoms with Crippen LogP contribution in [0, 0.1) is 0 Å². The highest BCUT2D eigenvalue weighted by atomic mass is 35.5. The maximum Gasteiger partial charge on any atom is 0.322 e. The van der Waals surface area contributed by atoms with Gasteiger partial charge in [0.15, 0.2) is 0 Å². The van der Waals surface area contributed by atoms with Gasteiger partial charge in [-0.15, -0.1) is 5.10 Å². The van der Waals surface area contributed by atoms with Gasteiger partial charge in [0.1, 0.15) is 0 Å². The fraction of sp³-hybridized carbons (Fsp3) is 0.0625. The zero-order valence-electron chi connectivity index (χ0n) is 11.8. The van der Waals surface area contributed by atoms with Gasteiger partial charge < -0.3 is 4.42 Å². The highest BCUT2D eigenvalue weighted by Gasteiger charge is 2.14. The Morgan fingerprint density at radius 3 is 2.61 bits per heavy atom. The summed E-state index contributed by atoms with van der Waals surface area (Å²) < 4.78 is 5.42. The van der Waals surface area contributed by atoms with Crippen molar-refractivity contribution in [2.24, 2.45) is 0 Å². The van der Waals surface area contributed by atoms with Gasteiger partial charge in [-0.3, -0.25) is 10.1 Å². The Balaban J connectivity index is 1.70. The number of carbonyl (C=O) groups is 1. The molecular formula is C16H11Cl2N3O2. The van der Waals surface area contributed by atoms with Gasteiger partial charge >= 0.3 is 6.01 Å². The number of nitrogens with zero attached hydrogens (tertiary/aromatic N) is 2. The Morgan fingerprint density at radius 2 is 1.87 bits per heavy atom. The summed E-state index contributed by atoms with van der Waals surface area (Å²) in [4.78, 5) is 12.1. The average Bonchev–Trinajstić information content (AvgIpc) is 2.95. The lowest BCUT2D eigenvalue weighted by Crippen LogP contribution is -2.12. The molecule has 116 valence electrons. The molecule has 3 aromatic rings.